The minimum atomic E-state index is -0.481. The molecule has 3 rings (SSSR count). The first-order valence-electron chi connectivity index (χ1n) is 7.75. The Morgan fingerprint density at radius 1 is 1.08 bits per heavy atom. The van der Waals surface area contributed by atoms with Crippen LogP contribution in [-0.2, 0) is 11.3 Å². The molecule has 5 heteroatoms. The molecular weight excluding hydrogens is 307 g/mol. The summed E-state index contributed by atoms with van der Waals surface area (Å²) in [7, 11) is 0. The largest absolute Gasteiger partial charge is 0.337 e. The normalized spacial score (nSPS) is 10.8. The number of benzene rings is 2. The molecule has 0 unspecified atom stereocenters. The molecule has 0 radical (unpaired) electrons. The summed E-state index contributed by atoms with van der Waals surface area (Å²) in [5, 5.41) is 3.38. The van der Waals surface area contributed by atoms with Crippen molar-refractivity contribution in [3.05, 3.63) is 66.1 Å². The van der Waals surface area contributed by atoms with Gasteiger partial charge in [-0.3, -0.25) is 9.59 Å². The van der Waals surface area contributed by atoms with Gasteiger partial charge in [-0.1, -0.05) is 37.3 Å². The summed E-state index contributed by atoms with van der Waals surface area (Å²) in [6.07, 6.45) is 2.09. The fourth-order valence-corrected chi connectivity index (χ4v) is 2.70. The molecule has 0 fully saturated rings. The van der Waals surface area contributed by atoms with E-state index in [-0.39, 0.29) is 23.9 Å². The summed E-state index contributed by atoms with van der Waals surface area (Å²) in [4.78, 5) is 24.3. The molecule has 24 heavy (non-hydrogen) atoms. The number of halogens is 1. The first-order chi connectivity index (χ1) is 11.6. The van der Waals surface area contributed by atoms with Gasteiger partial charge in [0.1, 0.15) is 12.4 Å². The van der Waals surface area contributed by atoms with Gasteiger partial charge in [0, 0.05) is 29.1 Å². The van der Waals surface area contributed by atoms with Crippen LogP contribution < -0.4 is 5.32 Å². The van der Waals surface area contributed by atoms with E-state index < -0.39 is 5.82 Å². The zero-order chi connectivity index (χ0) is 17.1. The number of nitrogens with zero attached hydrogens (tertiary/aromatic N) is 1. The van der Waals surface area contributed by atoms with Crippen LogP contribution in [0.1, 0.15) is 23.7 Å². The first kappa shape index (κ1) is 15.9. The standard InChI is InChI=1S/C19H17FN2O2/c1-2-18(23)14-11-22(17-10-6-3-7-13(14)17)12-19(24)21-16-9-5-4-8-15(16)20/h3-11H,2,12H2,1H3,(H,21,24). The maximum absolute atomic E-state index is 13.6. The number of aromatic nitrogens is 1. The third-order valence-electron chi connectivity index (χ3n) is 3.87. The van der Waals surface area contributed by atoms with Gasteiger partial charge in [0.25, 0.3) is 0 Å². The Kier molecular flexibility index (Phi) is 4.42. The van der Waals surface area contributed by atoms with E-state index in [1.807, 2.05) is 24.3 Å². The molecule has 0 aliphatic rings. The van der Waals surface area contributed by atoms with Crippen LogP contribution in [0.4, 0.5) is 10.1 Å². The monoisotopic (exact) mass is 324 g/mol. The van der Waals surface area contributed by atoms with Crippen LogP contribution in [-0.4, -0.2) is 16.3 Å². The lowest BCUT2D eigenvalue weighted by atomic mass is 10.1. The smallest absolute Gasteiger partial charge is 0.244 e. The third-order valence-corrected chi connectivity index (χ3v) is 3.87. The molecular formula is C19H17FN2O2. The van der Waals surface area contributed by atoms with Gasteiger partial charge >= 0.3 is 0 Å². The average molecular weight is 324 g/mol. The summed E-state index contributed by atoms with van der Waals surface area (Å²) in [5.74, 6) is -0.805. The third kappa shape index (κ3) is 3.06. The predicted octanol–water partition coefficient (Wildman–Crippen LogP) is 4.01. The predicted molar refractivity (Wildman–Crippen MR) is 91.6 cm³/mol. The molecule has 0 spiro atoms. The zero-order valence-electron chi connectivity index (χ0n) is 13.3. The second-order valence-corrected chi connectivity index (χ2v) is 5.49. The molecule has 0 atom stereocenters. The van der Waals surface area contributed by atoms with Crippen LogP contribution in [0.25, 0.3) is 10.9 Å². The highest BCUT2D eigenvalue weighted by atomic mass is 19.1. The highest BCUT2D eigenvalue weighted by Crippen LogP contribution is 2.23. The van der Waals surface area contributed by atoms with E-state index in [9.17, 15) is 14.0 Å². The number of carbonyl (C=O) groups excluding carboxylic acids is 2. The van der Waals surface area contributed by atoms with Gasteiger partial charge in [-0.2, -0.15) is 0 Å². The molecule has 0 aliphatic heterocycles. The maximum Gasteiger partial charge on any atom is 0.244 e. The molecule has 1 heterocycles. The Bertz CT molecular complexity index is 915. The molecule has 0 bridgehead atoms. The second-order valence-electron chi connectivity index (χ2n) is 5.49. The van der Waals surface area contributed by atoms with Crippen molar-refractivity contribution < 1.29 is 14.0 Å². The summed E-state index contributed by atoms with van der Waals surface area (Å²) < 4.78 is 15.3. The van der Waals surface area contributed by atoms with E-state index in [4.69, 9.17) is 0 Å². The van der Waals surface area contributed by atoms with Gasteiger partial charge in [-0.15, -0.1) is 0 Å². The van der Waals surface area contributed by atoms with E-state index in [0.29, 0.717) is 12.0 Å². The highest BCUT2D eigenvalue weighted by Gasteiger charge is 2.15. The lowest BCUT2D eigenvalue weighted by molar-refractivity contribution is -0.116. The zero-order valence-corrected chi connectivity index (χ0v) is 13.3. The molecule has 4 nitrogen and oxygen atoms in total. The minimum Gasteiger partial charge on any atom is -0.337 e. The van der Waals surface area contributed by atoms with Crippen LogP contribution in [0.3, 0.4) is 0 Å². The minimum absolute atomic E-state index is 0.00580. The average Bonchev–Trinajstić information content (AvgIpc) is 2.95. The lowest BCUT2D eigenvalue weighted by Gasteiger charge is -2.08. The number of amides is 1. The number of carbonyl (C=O) groups is 2. The molecule has 0 saturated heterocycles. The van der Waals surface area contributed by atoms with E-state index in [1.165, 1.54) is 12.1 Å². The fourth-order valence-electron chi connectivity index (χ4n) is 2.70. The van der Waals surface area contributed by atoms with Crippen molar-refractivity contribution in [1.82, 2.24) is 4.57 Å². The van der Waals surface area contributed by atoms with Crippen LogP contribution in [0.2, 0.25) is 0 Å². The number of fused-ring (bicyclic) bond motifs is 1. The molecule has 2 aromatic carbocycles. The number of ketones is 1. The summed E-state index contributed by atoms with van der Waals surface area (Å²) >= 11 is 0. The number of para-hydroxylation sites is 2. The Labute approximate surface area is 138 Å². The topological polar surface area (TPSA) is 51.1 Å². The van der Waals surface area contributed by atoms with Crippen LogP contribution in [0.5, 0.6) is 0 Å². The number of hydrogen-bond acceptors (Lipinski definition) is 2. The van der Waals surface area contributed by atoms with Crippen molar-refractivity contribution in [3.8, 4) is 0 Å². The van der Waals surface area contributed by atoms with Crippen LogP contribution >= 0.6 is 0 Å². The molecule has 1 N–H and O–H groups in total. The van der Waals surface area contributed by atoms with E-state index >= 15 is 0 Å². The number of rotatable bonds is 5. The van der Waals surface area contributed by atoms with Crippen molar-refractivity contribution in [2.24, 2.45) is 0 Å². The number of anilines is 1. The first-order valence-corrected chi connectivity index (χ1v) is 7.75. The second kappa shape index (κ2) is 6.66. The summed E-state index contributed by atoms with van der Waals surface area (Å²) in [6.45, 7) is 1.81. The van der Waals surface area contributed by atoms with Crippen molar-refractivity contribution >= 4 is 28.3 Å². The van der Waals surface area contributed by atoms with Gasteiger partial charge in [-0.25, -0.2) is 4.39 Å². The lowest BCUT2D eigenvalue weighted by Crippen LogP contribution is -2.19. The fraction of sp³-hybridized carbons (Fsp3) is 0.158. The number of nitrogens with one attached hydrogen (secondary N) is 1. The van der Waals surface area contributed by atoms with Crippen molar-refractivity contribution in [1.29, 1.82) is 0 Å². The molecule has 122 valence electrons. The Hall–Kier alpha value is -2.95. The number of Topliss-reactive ketones (excluding diaryl/α,β-unsaturated/α-hetero) is 1. The van der Waals surface area contributed by atoms with E-state index in [2.05, 4.69) is 5.32 Å². The van der Waals surface area contributed by atoms with Crippen LogP contribution in [0, 0.1) is 5.82 Å². The molecule has 0 saturated carbocycles. The Morgan fingerprint density at radius 2 is 1.79 bits per heavy atom. The van der Waals surface area contributed by atoms with E-state index in [1.54, 1.807) is 29.8 Å². The SMILES string of the molecule is CCC(=O)c1cn(CC(=O)Nc2ccccc2F)c2ccccc12. The molecule has 1 amide bonds. The van der Waals surface area contributed by atoms with E-state index in [0.717, 1.165) is 10.9 Å². The van der Waals surface area contributed by atoms with Gasteiger partial charge in [0.15, 0.2) is 5.78 Å². The summed E-state index contributed by atoms with van der Waals surface area (Å²) in [6, 6.07) is 13.5. The van der Waals surface area contributed by atoms with Crippen molar-refractivity contribution in [2.75, 3.05) is 5.32 Å². The quantitative estimate of drug-likeness (QED) is 0.721. The maximum atomic E-state index is 13.6. The van der Waals surface area contributed by atoms with Gasteiger partial charge in [0.2, 0.25) is 5.91 Å². The molecule has 0 aliphatic carbocycles. The number of hydrogen-bond donors (Lipinski definition) is 1. The Morgan fingerprint density at radius 3 is 2.54 bits per heavy atom. The Balaban J connectivity index is 1.89. The highest BCUT2D eigenvalue weighted by molar-refractivity contribution is 6.08. The molecule has 3 aromatic rings. The van der Waals surface area contributed by atoms with Crippen LogP contribution in [0.15, 0.2) is 54.7 Å². The van der Waals surface area contributed by atoms with Crippen molar-refractivity contribution in [2.45, 2.75) is 19.9 Å². The van der Waals surface area contributed by atoms with Gasteiger partial charge in [-0.05, 0) is 18.2 Å². The van der Waals surface area contributed by atoms with Gasteiger partial charge < -0.3 is 9.88 Å². The van der Waals surface area contributed by atoms with Gasteiger partial charge in [0.05, 0.1) is 5.69 Å². The van der Waals surface area contributed by atoms with Crippen molar-refractivity contribution in [3.63, 3.8) is 0 Å². The summed E-state index contributed by atoms with van der Waals surface area (Å²) in [5.41, 5.74) is 1.55. The molecule has 1 aromatic heterocycles.